The van der Waals surface area contributed by atoms with Crippen molar-refractivity contribution in [3.63, 3.8) is 0 Å². The SMILES string of the molecule is CC(=O)OC[C@H]1CCC[C@@H](N)C1.Cl. The number of halogens is 1. The Balaban J connectivity index is 0.00000144. The van der Waals surface area contributed by atoms with E-state index in [2.05, 4.69) is 0 Å². The van der Waals surface area contributed by atoms with Crippen molar-refractivity contribution in [3.05, 3.63) is 0 Å². The molecule has 1 aliphatic carbocycles. The molecule has 0 aromatic carbocycles. The van der Waals surface area contributed by atoms with Crippen molar-refractivity contribution in [3.8, 4) is 0 Å². The maximum absolute atomic E-state index is 10.5. The number of hydrogen-bond acceptors (Lipinski definition) is 3. The molecule has 1 rings (SSSR count). The molecule has 1 aliphatic rings. The average Bonchev–Trinajstić information content (AvgIpc) is 2.01. The Bertz CT molecular complexity index is 164. The van der Waals surface area contributed by atoms with Crippen LogP contribution in [0.15, 0.2) is 0 Å². The van der Waals surface area contributed by atoms with Gasteiger partial charge in [-0.1, -0.05) is 6.42 Å². The highest BCUT2D eigenvalue weighted by Gasteiger charge is 2.19. The molecule has 1 fully saturated rings. The smallest absolute Gasteiger partial charge is 0.302 e. The van der Waals surface area contributed by atoms with Gasteiger partial charge in [0.05, 0.1) is 6.61 Å². The topological polar surface area (TPSA) is 52.3 Å². The van der Waals surface area contributed by atoms with Gasteiger partial charge in [0.25, 0.3) is 0 Å². The van der Waals surface area contributed by atoms with Gasteiger partial charge in [0, 0.05) is 13.0 Å². The lowest BCUT2D eigenvalue weighted by atomic mass is 9.87. The molecule has 0 aromatic rings. The number of rotatable bonds is 2. The Kier molecular flexibility index (Phi) is 6.08. The lowest BCUT2D eigenvalue weighted by Crippen LogP contribution is -2.30. The zero-order valence-corrected chi connectivity index (χ0v) is 8.81. The summed E-state index contributed by atoms with van der Waals surface area (Å²) in [7, 11) is 0. The summed E-state index contributed by atoms with van der Waals surface area (Å²) >= 11 is 0. The van der Waals surface area contributed by atoms with Crippen LogP contribution >= 0.6 is 12.4 Å². The first-order valence-electron chi connectivity index (χ1n) is 4.57. The van der Waals surface area contributed by atoms with Gasteiger partial charge in [-0.3, -0.25) is 4.79 Å². The van der Waals surface area contributed by atoms with Crippen molar-refractivity contribution in [2.75, 3.05) is 6.61 Å². The standard InChI is InChI=1S/C9H17NO2.ClH/c1-7(11)12-6-8-3-2-4-9(10)5-8;/h8-9H,2-6,10H2,1H3;1H/t8-,9+;/m0./s1. The van der Waals surface area contributed by atoms with E-state index in [1.54, 1.807) is 0 Å². The number of carbonyl (C=O) groups excluding carboxylic acids is 1. The van der Waals surface area contributed by atoms with Crippen LogP contribution < -0.4 is 5.73 Å². The molecule has 78 valence electrons. The van der Waals surface area contributed by atoms with Crippen LogP contribution in [0.2, 0.25) is 0 Å². The van der Waals surface area contributed by atoms with E-state index in [1.165, 1.54) is 13.3 Å². The molecule has 4 heteroatoms. The molecule has 0 saturated heterocycles. The van der Waals surface area contributed by atoms with Crippen LogP contribution in [0.3, 0.4) is 0 Å². The molecule has 13 heavy (non-hydrogen) atoms. The maximum Gasteiger partial charge on any atom is 0.302 e. The van der Waals surface area contributed by atoms with Crippen LogP contribution in [0.4, 0.5) is 0 Å². The Morgan fingerprint density at radius 2 is 2.23 bits per heavy atom. The summed E-state index contributed by atoms with van der Waals surface area (Å²) in [6.45, 7) is 2.01. The summed E-state index contributed by atoms with van der Waals surface area (Å²) in [5.41, 5.74) is 5.79. The first-order chi connectivity index (χ1) is 5.68. The molecular formula is C9H18ClNO2. The molecule has 2 N–H and O–H groups in total. The van der Waals surface area contributed by atoms with Crippen molar-refractivity contribution in [2.45, 2.75) is 38.6 Å². The van der Waals surface area contributed by atoms with Crippen LogP contribution in [0.5, 0.6) is 0 Å². The predicted octanol–water partition coefficient (Wildman–Crippen LogP) is 1.49. The van der Waals surface area contributed by atoms with Gasteiger partial charge < -0.3 is 10.5 Å². The van der Waals surface area contributed by atoms with Gasteiger partial charge in [0.1, 0.15) is 0 Å². The van der Waals surface area contributed by atoms with E-state index in [0.29, 0.717) is 18.6 Å². The minimum atomic E-state index is -0.186. The van der Waals surface area contributed by atoms with Crippen molar-refractivity contribution in [1.82, 2.24) is 0 Å². The van der Waals surface area contributed by atoms with Crippen LogP contribution in [0.25, 0.3) is 0 Å². The van der Waals surface area contributed by atoms with Crippen molar-refractivity contribution < 1.29 is 9.53 Å². The van der Waals surface area contributed by atoms with Gasteiger partial charge in [-0.25, -0.2) is 0 Å². The van der Waals surface area contributed by atoms with Gasteiger partial charge >= 0.3 is 5.97 Å². The second kappa shape index (κ2) is 6.22. The monoisotopic (exact) mass is 207 g/mol. The molecule has 2 atom stereocenters. The fourth-order valence-electron chi connectivity index (χ4n) is 1.72. The Morgan fingerprint density at radius 1 is 1.54 bits per heavy atom. The summed E-state index contributed by atoms with van der Waals surface area (Å²) in [4.78, 5) is 10.5. The van der Waals surface area contributed by atoms with Crippen LogP contribution in [-0.2, 0) is 9.53 Å². The third kappa shape index (κ3) is 5.11. The van der Waals surface area contributed by atoms with Gasteiger partial charge in [-0.05, 0) is 25.2 Å². The quantitative estimate of drug-likeness (QED) is 0.699. The lowest BCUT2D eigenvalue weighted by Gasteiger charge is -2.25. The Morgan fingerprint density at radius 3 is 2.77 bits per heavy atom. The van der Waals surface area contributed by atoms with Gasteiger partial charge in [0.2, 0.25) is 0 Å². The Hall–Kier alpha value is -0.280. The molecule has 0 amide bonds. The highest BCUT2D eigenvalue weighted by Crippen LogP contribution is 2.23. The molecular weight excluding hydrogens is 190 g/mol. The van der Waals surface area contributed by atoms with E-state index >= 15 is 0 Å². The minimum Gasteiger partial charge on any atom is -0.466 e. The lowest BCUT2D eigenvalue weighted by molar-refractivity contribution is -0.142. The highest BCUT2D eigenvalue weighted by molar-refractivity contribution is 5.85. The Labute approximate surface area is 85.4 Å². The number of nitrogens with two attached hydrogens (primary N) is 1. The molecule has 3 nitrogen and oxygen atoms in total. The molecule has 0 bridgehead atoms. The normalized spacial score (nSPS) is 27.5. The highest BCUT2D eigenvalue weighted by atomic mass is 35.5. The second-order valence-electron chi connectivity index (χ2n) is 3.60. The molecule has 0 unspecified atom stereocenters. The van der Waals surface area contributed by atoms with Gasteiger partial charge in [-0.2, -0.15) is 0 Å². The maximum atomic E-state index is 10.5. The molecule has 1 saturated carbocycles. The van der Waals surface area contributed by atoms with E-state index in [4.69, 9.17) is 10.5 Å². The molecule has 0 heterocycles. The number of ether oxygens (including phenoxy) is 1. The molecule has 0 spiro atoms. The third-order valence-corrected chi connectivity index (χ3v) is 2.35. The van der Waals surface area contributed by atoms with Crippen molar-refractivity contribution in [2.24, 2.45) is 11.7 Å². The van der Waals surface area contributed by atoms with Crippen molar-refractivity contribution in [1.29, 1.82) is 0 Å². The minimum absolute atomic E-state index is 0. The number of esters is 1. The van der Waals surface area contributed by atoms with E-state index in [1.807, 2.05) is 0 Å². The van der Waals surface area contributed by atoms with E-state index in [0.717, 1.165) is 19.3 Å². The van der Waals surface area contributed by atoms with Crippen LogP contribution in [0.1, 0.15) is 32.6 Å². The summed E-state index contributed by atoms with van der Waals surface area (Å²) < 4.78 is 4.94. The fourth-order valence-corrected chi connectivity index (χ4v) is 1.72. The van der Waals surface area contributed by atoms with Gasteiger partial charge in [-0.15, -0.1) is 12.4 Å². The van der Waals surface area contributed by atoms with E-state index in [-0.39, 0.29) is 18.4 Å². The summed E-state index contributed by atoms with van der Waals surface area (Å²) in [6, 6.07) is 0.319. The van der Waals surface area contributed by atoms with Crippen LogP contribution in [0, 0.1) is 5.92 Å². The van der Waals surface area contributed by atoms with Crippen molar-refractivity contribution >= 4 is 18.4 Å². The molecule has 0 aliphatic heterocycles. The van der Waals surface area contributed by atoms with E-state index in [9.17, 15) is 4.79 Å². The average molecular weight is 208 g/mol. The summed E-state index contributed by atoms with van der Waals surface area (Å²) in [5, 5.41) is 0. The fraction of sp³-hybridized carbons (Fsp3) is 0.889. The van der Waals surface area contributed by atoms with Gasteiger partial charge in [0.15, 0.2) is 0 Å². The zero-order chi connectivity index (χ0) is 8.97. The first kappa shape index (κ1) is 12.7. The summed E-state index contributed by atoms with van der Waals surface area (Å²) in [5.74, 6) is 0.312. The number of hydrogen-bond donors (Lipinski definition) is 1. The zero-order valence-electron chi connectivity index (χ0n) is 7.99. The first-order valence-corrected chi connectivity index (χ1v) is 4.57. The second-order valence-corrected chi connectivity index (χ2v) is 3.60. The molecule has 0 radical (unpaired) electrons. The summed E-state index contributed by atoms with van der Waals surface area (Å²) in [6.07, 6.45) is 4.46. The van der Waals surface area contributed by atoms with Crippen LogP contribution in [-0.4, -0.2) is 18.6 Å². The third-order valence-electron chi connectivity index (χ3n) is 2.35. The largest absolute Gasteiger partial charge is 0.466 e. The molecule has 0 aromatic heterocycles. The van der Waals surface area contributed by atoms with E-state index < -0.39 is 0 Å². The predicted molar refractivity (Wildman–Crippen MR) is 53.8 cm³/mol. The number of carbonyl (C=O) groups is 1.